The molecule has 0 fully saturated rings. The molecule has 2 heteroatoms. The molecule has 0 aliphatic rings. The normalized spacial score (nSPS) is 9.91. The first-order chi connectivity index (χ1) is 5.34. The van der Waals surface area contributed by atoms with Crippen molar-refractivity contribution in [1.29, 1.82) is 0 Å². The van der Waals surface area contributed by atoms with Crippen LogP contribution >= 0.6 is 0 Å². The van der Waals surface area contributed by atoms with Crippen LogP contribution in [0.5, 0.6) is 0 Å². The summed E-state index contributed by atoms with van der Waals surface area (Å²) in [6, 6.07) is 7.66. The molecule has 1 aromatic rings. The van der Waals surface area contributed by atoms with Gasteiger partial charge >= 0.3 is 0 Å². The number of hydrogen-bond donors (Lipinski definition) is 1. The van der Waals surface area contributed by atoms with Gasteiger partial charge in [0.05, 0.1) is 6.61 Å². The standard InChI is InChI=1S/C9H12NO/c10-9-6-2-1-4-8(9)5-3-7-11/h1-2,4,6H,3,5,7,10H2. The fraction of sp³-hybridized carbons (Fsp3) is 0.333. The van der Waals surface area contributed by atoms with E-state index in [4.69, 9.17) is 5.73 Å². The van der Waals surface area contributed by atoms with E-state index in [-0.39, 0.29) is 6.61 Å². The molecule has 0 unspecified atom stereocenters. The van der Waals surface area contributed by atoms with Crippen molar-refractivity contribution >= 4 is 5.69 Å². The average molecular weight is 150 g/mol. The number of para-hydroxylation sites is 1. The molecule has 0 spiro atoms. The highest BCUT2D eigenvalue weighted by Gasteiger charge is 1.95. The summed E-state index contributed by atoms with van der Waals surface area (Å²) in [5.74, 6) is 0. The van der Waals surface area contributed by atoms with Crippen molar-refractivity contribution in [3.63, 3.8) is 0 Å². The highest BCUT2D eigenvalue weighted by molar-refractivity contribution is 5.46. The largest absolute Gasteiger partial charge is 0.399 e. The van der Waals surface area contributed by atoms with Gasteiger partial charge in [0.25, 0.3) is 0 Å². The minimum absolute atomic E-state index is 0.0195. The maximum Gasteiger partial charge on any atom is 0.0825 e. The predicted octanol–water partition coefficient (Wildman–Crippen LogP) is 1.63. The van der Waals surface area contributed by atoms with Crippen molar-refractivity contribution in [2.45, 2.75) is 12.8 Å². The van der Waals surface area contributed by atoms with Crippen LogP contribution in [0.25, 0.3) is 0 Å². The minimum Gasteiger partial charge on any atom is -0.399 e. The topological polar surface area (TPSA) is 45.9 Å². The molecule has 0 bridgehead atoms. The van der Waals surface area contributed by atoms with Crippen molar-refractivity contribution in [2.24, 2.45) is 0 Å². The molecule has 1 rings (SSSR count). The molecule has 0 aliphatic carbocycles. The van der Waals surface area contributed by atoms with Crippen LogP contribution in [-0.4, -0.2) is 6.61 Å². The fourth-order valence-corrected chi connectivity index (χ4v) is 1.02. The predicted molar refractivity (Wildman–Crippen MR) is 44.7 cm³/mol. The van der Waals surface area contributed by atoms with Crippen LogP contribution in [0.2, 0.25) is 0 Å². The van der Waals surface area contributed by atoms with Gasteiger partial charge in [-0.3, -0.25) is 0 Å². The van der Waals surface area contributed by atoms with E-state index in [2.05, 4.69) is 0 Å². The Morgan fingerprint density at radius 2 is 2.00 bits per heavy atom. The third-order valence-electron chi connectivity index (χ3n) is 1.65. The zero-order valence-electron chi connectivity index (χ0n) is 6.42. The SMILES string of the molecule is Nc1ccccc1CCC[O]. The second-order valence-corrected chi connectivity index (χ2v) is 2.51. The third kappa shape index (κ3) is 2.24. The number of anilines is 1. The quantitative estimate of drug-likeness (QED) is 0.654. The van der Waals surface area contributed by atoms with E-state index in [0.29, 0.717) is 6.42 Å². The summed E-state index contributed by atoms with van der Waals surface area (Å²) in [6.07, 6.45) is 1.48. The van der Waals surface area contributed by atoms with Crippen LogP contribution < -0.4 is 5.73 Å². The average Bonchev–Trinajstić information content (AvgIpc) is 2.03. The van der Waals surface area contributed by atoms with Crippen molar-refractivity contribution in [3.05, 3.63) is 29.8 Å². The molecule has 0 heterocycles. The Bertz CT molecular complexity index is 223. The van der Waals surface area contributed by atoms with Crippen LogP contribution in [-0.2, 0) is 11.5 Å². The van der Waals surface area contributed by atoms with E-state index < -0.39 is 0 Å². The lowest BCUT2D eigenvalue weighted by atomic mass is 10.1. The second-order valence-electron chi connectivity index (χ2n) is 2.51. The number of rotatable bonds is 3. The molecule has 2 N–H and O–H groups in total. The number of nitrogens with two attached hydrogens (primary N) is 1. The molecule has 0 atom stereocenters. The zero-order valence-corrected chi connectivity index (χ0v) is 6.42. The maximum atomic E-state index is 10.2. The lowest BCUT2D eigenvalue weighted by molar-refractivity contribution is 0.189. The number of benzene rings is 1. The van der Waals surface area contributed by atoms with E-state index in [1.54, 1.807) is 0 Å². The Morgan fingerprint density at radius 1 is 1.27 bits per heavy atom. The van der Waals surface area contributed by atoms with Gasteiger partial charge in [-0.25, -0.2) is 5.11 Å². The van der Waals surface area contributed by atoms with E-state index in [0.717, 1.165) is 17.7 Å². The minimum atomic E-state index is -0.0195. The number of hydrogen-bond acceptors (Lipinski definition) is 1. The summed E-state index contributed by atoms with van der Waals surface area (Å²) in [4.78, 5) is 0. The molecule has 0 saturated carbocycles. The summed E-state index contributed by atoms with van der Waals surface area (Å²) in [6.45, 7) is -0.0195. The number of nitrogen functional groups attached to an aromatic ring is 1. The summed E-state index contributed by atoms with van der Waals surface area (Å²) in [7, 11) is 0. The Labute approximate surface area is 66.7 Å². The molecule has 59 valence electrons. The Kier molecular flexibility index (Phi) is 2.93. The first kappa shape index (κ1) is 8.08. The van der Waals surface area contributed by atoms with Crippen LogP contribution in [0, 0.1) is 0 Å². The summed E-state index contributed by atoms with van der Waals surface area (Å²) < 4.78 is 0. The molecule has 0 amide bonds. The fourth-order valence-electron chi connectivity index (χ4n) is 1.02. The van der Waals surface area contributed by atoms with Crippen molar-refractivity contribution in [2.75, 3.05) is 12.3 Å². The Morgan fingerprint density at radius 3 is 2.64 bits per heavy atom. The van der Waals surface area contributed by atoms with Gasteiger partial charge in [-0.05, 0) is 24.5 Å². The van der Waals surface area contributed by atoms with E-state index in [1.165, 1.54) is 0 Å². The van der Waals surface area contributed by atoms with E-state index in [1.807, 2.05) is 24.3 Å². The van der Waals surface area contributed by atoms with Gasteiger partial charge in [0.2, 0.25) is 0 Å². The van der Waals surface area contributed by atoms with Gasteiger partial charge in [0, 0.05) is 5.69 Å². The van der Waals surface area contributed by atoms with Gasteiger partial charge in [-0.2, -0.15) is 0 Å². The highest BCUT2D eigenvalue weighted by Crippen LogP contribution is 2.11. The Hall–Kier alpha value is -1.02. The van der Waals surface area contributed by atoms with E-state index >= 15 is 0 Å². The van der Waals surface area contributed by atoms with Crippen molar-refractivity contribution in [3.8, 4) is 0 Å². The summed E-state index contributed by atoms with van der Waals surface area (Å²) in [5, 5.41) is 10.2. The summed E-state index contributed by atoms with van der Waals surface area (Å²) >= 11 is 0. The van der Waals surface area contributed by atoms with Crippen LogP contribution in [0.4, 0.5) is 5.69 Å². The molecule has 2 nitrogen and oxygen atoms in total. The van der Waals surface area contributed by atoms with Crippen LogP contribution in [0.1, 0.15) is 12.0 Å². The molecular weight excluding hydrogens is 138 g/mol. The summed E-state index contributed by atoms with van der Waals surface area (Å²) in [5.41, 5.74) is 7.54. The van der Waals surface area contributed by atoms with Gasteiger partial charge in [0.1, 0.15) is 0 Å². The van der Waals surface area contributed by atoms with Gasteiger partial charge in [-0.15, -0.1) is 0 Å². The second kappa shape index (κ2) is 3.98. The van der Waals surface area contributed by atoms with Crippen molar-refractivity contribution < 1.29 is 5.11 Å². The molecule has 11 heavy (non-hydrogen) atoms. The lowest BCUT2D eigenvalue weighted by Gasteiger charge is -2.01. The molecule has 0 saturated heterocycles. The monoisotopic (exact) mass is 150 g/mol. The van der Waals surface area contributed by atoms with Gasteiger partial charge < -0.3 is 5.73 Å². The first-order valence-electron chi connectivity index (χ1n) is 3.76. The Balaban J connectivity index is 2.62. The molecule has 1 radical (unpaired) electrons. The zero-order chi connectivity index (χ0) is 8.10. The lowest BCUT2D eigenvalue weighted by Crippen LogP contribution is -1.94. The highest BCUT2D eigenvalue weighted by atomic mass is 16.2. The third-order valence-corrected chi connectivity index (χ3v) is 1.65. The molecule has 0 aliphatic heterocycles. The molecule has 0 aromatic heterocycles. The first-order valence-corrected chi connectivity index (χ1v) is 3.76. The molecule has 1 aromatic carbocycles. The van der Waals surface area contributed by atoms with Crippen LogP contribution in [0.15, 0.2) is 24.3 Å². The number of aryl methyl sites for hydroxylation is 1. The van der Waals surface area contributed by atoms with Crippen LogP contribution in [0.3, 0.4) is 0 Å². The molecular formula is C9H12NO. The van der Waals surface area contributed by atoms with Gasteiger partial charge in [0.15, 0.2) is 0 Å². The van der Waals surface area contributed by atoms with E-state index in [9.17, 15) is 5.11 Å². The maximum absolute atomic E-state index is 10.2. The van der Waals surface area contributed by atoms with Gasteiger partial charge in [-0.1, -0.05) is 18.2 Å². The smallest absolute Gasteiger partial charge is 0.0825 e. The van der Waals surface area contributed by atoms with Crippen molar-refractivity contribution in [1.82, 2.24) is 0 Å².